The Morgan fingerprint density at radius 2 is 1.96 bits per heavy atom. The Morgan fingerprint density at radius 3 is 2.81 bits per heavy atom. The highest BCUT2D eigenvalue weighted by Crippen LogP contribution is 2.35. The van der Waals surface area contributed by atoms with Crippen LogP contribution in [0.15, 0.2) is 42.5 Å². The van der Waals surface area contributed by atoms with Crippen molar-refractivity contribution in [3.63, 3.8) is 0 Å². The van der Waals surface area contributed by atoms with Crippen molar-refractivity contribution in [2.75, 3.05) is 30.2 Å². The van der Waals surface area contributed by atoms with E-state index in [9.17, 15) is 9.59 Å². The zero-order valence-corrected chi connectivity index (χ0v) is 15.2. The molecule has 0 saturated carbocycles. The summed E-state index contributed by atoms with van der Waals surface area (Å²) in [7, 11) is 0. The van der Waals surface area contributed by atoms with E-state index in [0.717, 1.165) is 11.4 Å². The maximum Gasteiger partial charge on any atom is 0.338 e. The lowest BCUT2D eigenvalue weighted by Gasteiger charge is -2.39. The molecule has 0 bridgehead atoms. The molecule has 0 unspecified atom stereocenters. The van der Waals surface area contributed by atoms with Crippen molar-refractivity contribution in [3.8, 4) is 11.5 Å². The number of nitrogens with one attached hydrogen (secondary N) is 1. The van der Waals surface area contributed by atoms with Gasteiger partial charge in [-0.25, -0.2) is 4.79 Å². The van der Waals surface area contributed by atoms with Crippen molar-refractivity contribution >= 4 is 23.3 Å². The third-order valence-corrected chi connectivity index (χ3v) is 4.58. The van der Waals surface area contributed by atoms with Gasteiger partial charge in [0.25, 0.3) is 5.91 Å². The SMILES string of the molecule is CC1(C)Nc2ccccc2N(CCOC(=O)c2ccc3c(c2)OCO3)C1=O. The van der Waals surface area contributed by atoms with E-state index in [1.165, 1.54) is 0 Å². The summed E-state index contributed by atoms with van der Waals surface area (Å²) in [5.74, 6) is 0.595. The molecular formula is C20H20N2O5. The molecule has 2 aromatic carbocycles. The van der Waals surface area contributed by atoms with Crippen LogP contribution in [-0.2, 0) is 9.53 Å². The van der Waals surface area contributed by atoms with Crippen LogP contribution in [-0.4, -0.2) is 37.4 Å². The van der Waals surface area contributed by atoms with Gasteiger partial charge < -0.3 is 24.4 Å². The summed E-state index contributed by atoms with van der Waals surface area (Å²) in [5, 5.41) is 3.24. The second-order valence-electron chi connectivity index (χ2n) is 6.93. The first-order valence-corrected chi connectivity index (χ1v) is 8.72. The smallest absolute Gasteiger partial charge is 0.338 e. The van der Waals surface area contributed by atoms with Crippen LogP contribution < -0.4 is 19.7 Å². The van der Waals surface area contributed by atoms with E-state index in [4.69, 9.17) is 14.2 Å². The van der Waals surface area contributed by atoms with Gasteiger partial charge in [0.05, 0.1) is 23.5 Å². The Labute approximate surface area is 156 Å². The molecule has 7 nitrogen and oxygen atoms in total. The van der Waals surface area contributed by atoms with E-state index in [2.05, 4.69) is 5.32 Å². The summed E-state index contributed by atoms with van der Waals surface area (Å²) >= 11 is 0. The number of fused-ring (bicyclic) bond motifs is 2. The van der Waals surface area contributed by atoms with Gasteiger partial charge >= 0.3 is 5.97 Å². The predicted molar refractivity (Wildman–Crippen MR) is 99.3 cm³/mol. The molecule has 0 saturated heterocycles. The molecule has 7 heteroatoms. The number of benzene rings is 2. The molecular weight excluding hydrogens is 348 g/mol. The standard InChI is InChI=1S/C20H20N2O5/c1-20(2)19(24)22(15-6-4-3-5-14(15)21-20)9-10-25-18(23)13-7-8-16-17(11-13)27-12-26-16/h3-8,11,21H,9-10,12H2,1-2H3. The summed E-state index contributed by atoms with van der Waals surface area (Å²) in [4.78, 5) is 26.7. The number of ether oxygens (including phenoxy) is 3. The van der Waals surface area contributed by atoms with Gasteiger partial charge in [0.15, 0.2) is 11.5 Å². The van der Waals surface area contributed by atoms with E-state index in [0.29, 0.717) is 17.1 Å². The minimum atomic E-state index is -0.727. The Balaban J connectivity index is 1.44. The minimum Gasteiger partial charge on any atom is -0.460 e. The molecule has 140 valence electrons. The number of hydrogen-bond donors (Lipinski definition) is 1. The number of para-hydroxylation sites is 2. The molecule has 2 aromatic rings. The van der Waals surface area contributed by atoms with Crippen molar-refractivity contribution in [2.45, 2.75) is 19.4 Å². The Bertz CT molecular complexity index is 909. The maximum absolute atomic E-state index is 12.8. The molecule has 1 N–H and O–H groups in total. The van der Waals surface area contributed by atoms with Crippen molar-refractivity contribution < 1.29 is 23.8 Å². The second-order valence-corrected chi connectivity index (χ2v) is 6.93. The van der Waals surface area contributed by atoms with Crippen LogP contribution >= 0.6 is 0 Å². The number of esters is 1. The van der Waals surface area contributed by atoms with Gasteiger partial charge in [-0.15, -0.1) is 0 Å². The van der Waals surface area contributed by atoms with Gasteiger partial charge in [0, 0.05) is 0 Å². The number of anilines is 2. The average molecular weight is 368 g/mol. The van der Waals surface area contributed by atoms with E-state index in [1.54, 1.807) is 23.1 Å². The van der Waals surface area contributed by atoms with Crippen molar-refractivity contribution in [1.82, 2.24) is 0 Å². The number of carbonyl (C=O) groups is 2. The van der Waals surface area contributed by atoms with Gasteiger partial charge in [-0.3, -0.25) is 4.79 Å². The van der Waals surface area contributed by atoms with Crippen LogP contribution in [0.5, 0.6) is 11.5 Å². The highest BCUT2D eigenvalue weighted by Gasteiger charge is 2.38. The lowest BCUT2D eigenvalue weighted by atomic mass is 9.98. The predicted octanol–water partition coefficient (Wildman–Crippen LogP) is 2.81. The van der Waals surface area contributed by atoms with Gasteiger partial charge in [0.2, 0.25) is 6.79 Å². The summed E-state index contributed by atoms with van der Waals surface area (Å²) in [6, 6.07) is 12.5. The van der Waals surface area contributed by atoms with Crippen molar-refractivity contribution in [2.24, 2.45) is 0 Å². The third-order valence-electron chi connectivity index (χ3n) is 4.58. The molecule has 4 rings (SSSR count). The topological polar surface area (TPSA) is 77.1 Å². The Hall–Kier alpha value is -3.22. The Kier molecular flexibility index (Phi) is 4.14. The van der Waals surface area contributed by atoms with E-state index in [-0.39, 0.29) is 25.9 Å². The molecule has 2 aliphatic heterocycles. The maximum atomic E-state index is 12.8. The van der Waals surface area contributed by atoms with E-state index in [1.807, 2.05) is 38.1 Å². The fraction of sp³-hybridized carbons (Fsp3) is 0.300. The summed E-state index contributed by atoms with van der Waals surface area (Å²) < 4.78 is 15.9. The van der Waals surface area contributed by atoms with Crippen molar-refractivity contribution in [3.05, 3.63) is 48.0 Å². The molecule has 2 aliphatic rings. The molecule has 1 amide bonds. The first-order chi connectivity index (χ1) is 13.0. The van der Waals surface area contributed by atoms with Crippen LogP contribution in [0.3, 0.4) is 0 Å². The second kappa shape index (κ2) is 6.50. The average Bonchev–Trinajstić information content (AvgIpc) is 3.12. The van der Waals surface area contributed by atoms with Gasteiger partial charge in [-0.05, 0) is 44.2 Å². The lowest BCUT2D eigenvalue weighted by molar-refractivity contribution is -0.122. The first-order valence-electron chi connectivity index (χ1n) is 8.72. The number of rotatable bonds is 4. The van der Waals surface area contributed by atoms with Crippen LogP contribution in [0.25, 0.3) is 0 Å². The normalized spacial score (nSPS) is 16.5. The molecule has 0 atom stereocenters. The molecule has 0 spiro atoms. The largest absolute Gasteiger partial charge is 0.460 e. The number of hydrogen-bond acceptors (Lipinski definition) is 6. The zero-order valence-electron chi connectivity index (χ0n) is 15.2. The molecule has 0 fully saturated rings. The fourth-order valence-corrected chi connectivity index (χ4v) is 3.21. The molecule has 0 aromatic heterocycles. The van der Waals surface area contributed by atoms with Gasteiger partial charge in [0.1, 0.15) is 12.1 Å². The van der Waals surface area contributed by atoms with Crippen LogP contribution in [0.2, 0.25) is 0 Å². The quantitative estimate of drug-likeness (QED) is 0.837. The molecule has 2 heterocycles. The number of carbonyl (C=O) groups excluding carboxylic acids is 2. The molecule has 27 heavy (non-hydrogen) atoms. The lowest BCUT2D eigenvalue weighted by Crippen LogP contribution is -2.54. The summed E-state index contributed by atoms with van der Waals surface area (Å²) in [6.45, 7) is 4.17. The molecule has 0 aliphatic carbocycles. The van der Waals surface area contributed by atoms with Crippen LogP contribution in [0, 0.1) is 0 Å². The summed E-state index contributed by atoms with van der Waals surface area (Å²) in [6.07, 6.45) is 0. The minimum absolute atomic E-state index is 0.0691. The van der Waals surface area contributed by atoms with Gasteiger partial charge in [-0.2, -0.15) is 0 Å². The highest BCUT2D eigenvalue weighted by molar-refractivity contribution is 6.07. The molecule has 0 radical (unpaired) electrons. The number of nitrogens with zero attached hydrogens (tertiary/aromatic N) is 1. The fourth-order valence-electron chi connectivity index (χ4n) is 3.21. The Morgan fingerprint density at radius 1 is 1.19 bits per heavy atom. The van der Waals surface area contributed by atoms with Crippen LogP contribution in [0.4, 0.5) is 11.4 Å². The summed E-state index contributed by atoms with van der Waals surface area (Å²) in [5.41, 5.74) is 1.31. The van der Waals surface area contributed by atoms with Crippen molar-refractivity contribution in [1.29, 1.82) is 0 Å². The van der Waals surface area contributed by atoms with Gasteiger partial charge in [-0.1, -0.05) is 12.1 Å². The monoisotopic (exact) mass is 368 g/mol. The first kappa shape index (κ1) is 17.2. The van der Waals surface area contributed by atoms with E-state index >= 15 is 0 Å². The zero-order chi connectivity index (χ0) is 19.0. The number of amides is 1. The van der Waals surface area contributed by atoms with E-state index < -0.39 is 11.5 Å². The third kappa shape index (κ3) is 3.16. The highest BCUT2D eigenvalue weighted by atomic mass is 16.7. The van der Waals surface area contributed by atoms with Crippen LogP contribution in [0.1, 0.15) is 24.2 Å².